The third kappa shape index (κ3) is 5.58. The molecular formula is C54H46N2. The number of fused-ring (bicyclic) bond motifs is 6. The lowest BCUT2D eigenvalue weighted by atomic mass is 9.71. The number of benzene rings is 6. The first-order valence-corrected chi connectivity index (χ1v) is 20.0. The largest absolute Gasteiger partial charge is 0.360 e. The first-order valence-electron chi connectivity index (χ1n) is 20.0. The van der Waals surface area contributed by atoms with E-state index in [1.165, 1.54) is 72.3 Å². The van der Waals surface area contributed by atoms with Crippen molar-refractivity contribution in [2.75, 3.05) is 0 Å². The molecule has 4 aliphatic rings. The van der Waals surface area contributed by atoms with E-state index in [-0.39, 0.29) is 22.9 Å². The summed E-state index contributed by atoms with van der Waals surface area (Å²) in [6.07, 6.45) is 11.8. The van der Waals surface area contributed by atoms with Gasteiger partial charge in [-0.2, -0.15) is 0 Å². The summed E-state index contributed by atoms with van der Waals surface area (Å²) in [5.74, 6) is 0.276. The molecule has 0 saturated carbocycles. The third-order valence-electron chi connectivity index (χ3n) is 12.6. The monoisotopic (exact) mass is 722 g/mol. The molecule has 3 aliphatic carbocycles. The van der Waals surface area contributed by atoms with E-state index in [1.54, 1.807) is 0 Å². The maximum absolute atomic E-state index is 5.18. The minimum absolute atomic E-state index is 0.102. The highest BCUT2D eigenvalue weighted by molar-refractivity contribution is 6.10. The highest BCUT2D eigenvalue weighted by atomic mass is 15.1. The molecule has 10 rings (SSSR count). The summed E-state index contributed by atoms with van der Waals surface area (Å²) in [6.45, 7) is 9.61. The fraction of sp³-hybridized carbons (Fsp3) is 0.167. The molecule has 2 nitrogen and oxygen atoms in total. The molecule has 0 fully saturated rings. The van der Waals surface area contributed by atoms with Crippen molar-refractivity contribution in [2.45, 2.75) is 51.1 Å². The van der Waals surface area contributed by atoms with Crippen molar-refractivity contribution in [3.05, 3.63) is 220 Å². The van der Waals surface area contributed by atoms with Crippen molar-refractivity contribution in [3.8, 4) is 22.3 Å². The van der Waals surface area contributed by atoms with Crippen LogP contribution in [0.4, 0.5) is 0 Å². The Morgan fingerprint density at radius 1 is 0.536 bits per heavy atom. The molecule has 0 amide bonds. The van der Waals surface area contributed by atoms with Crippen LogP contribution in [-0.4, -0.2) is 5.71 Å². The summed E-state index contributed by atoms with van der Waals surface area (Å²) in [5, 5.41) is 3.74. The van der Waals surface area contributed by atoms with E-state index in [4.69, 9.17) is 4.99 Å². The number of nitrogens with one attached hydrogen (secondary N) is 1. The predicted molar refractivity (Wildman–Crippen MR) is 235 cm³/mol. The predicted octanol–water partition coefficient (Wildman–Crippen LogP) is 13.1. The van der Waals surface area contributed by atoms with E-state index in [1.807, 2.05) is 0 Å². The summed E-state index contributed by atoms with van der Waals surface area (Å²) in [4.78, 5) is 5.18. The lowest BCUT2D eigenvalue weighted by molar-refractivity contribution is 0.634. The Labute approximate surface area is 331 Å². The Balaban J connectivity index is 1.01. The number of aliphatic imine (C=N–C) groups is 1. The van der Waals surface area contributed by atoms with Gasteiger partial charge in [-0.3, -0.25) is 4.99 Å². The number of allylic oxidation sites excluding steroid dienone is 6. The molecule has 6 aromatic carbocycles. The van der Waals surface area contributed by atoms with Crippen molar-refractivity contribution in [1.82, 2.24) is 5.32 Å². The Hall–Kier alpha value is -6.25. The number of rotatable bonds is 5. The fourth-order valence-electron chi connectivity index (χ4n) is 9.67. The van der Waals surface area contributed by atoms with Crippen molar-refractivity contribution >= 4 is 22.6 Å². The second kappa shape index (κ2) is 13.2. The van der Waals surface area contributed by atoms with E-state index in [0.717, 1.165) is 23.4 Å². The van der Waals surface area contributed by atoms with Gasteiger partial charge in [0.15, 0.2) is 0 Å². The molecular weight excluding hydrogens is 677 g/mol. The summed E-state index contributed by atoms with van der Waals surface area (Å²) >= 11 is 0. The second-order valence-corrected chi connectivity index (χ2v) is 16.7. The van der Waals surface area contributed by atoms with Crippen LogP contribution in [0.15, 0.2) is 181 Å². The van der Waals surface area contributed by atoms with Crippen LogP contribution in [0.3, 0.4) is 0 Å². The van der Waals surface area contributed by atoms with Gasteiger partial charge in [0.2, 0.25) is 0 Å². The number of nitrogens with zero attached hydrogens (tertiary/aromatic N) is 1. The van der Waals surface area contributed by atoms with Gasteiger partial charge in [-0.25, -0.2) is 0 Å². The topological polar surface area (TPSA) is 24.4 Å². The first-order chi connectivity index (χ1) is 27.3. The van der Waals surface area contributed by atoms with Gasteiger partial charge < -0.3 is 5.32 Å². The van der Waals surface area contributed by atoms with E-state index in [9.17, 15) is 0 Å². The van der Waals surface area contributed by atoms with Crippen molar-refractivity contribution < 1.29 is 0 Å². The molecule has 1 aliphatic heterocycles. The average molecular weight is 723 g/mol. The molecule has 272 valence electrons. The zero-order valence-electron chi connectivity index (χ0n) is 32.6. The van der Waals surface area contributed by atoms with Crippen LogP contribution in [0, 0.1) is 5.92 Å². The van der Waals surface area contributed by atoms with Crippen LogP contribution in [0.5, 0.6) is 0 Å². The Morgan fingerprint density at radius 2 is 1.16 bits per heavy atom. The van der Waals surface area contributed by atoms with Crippen LogP contribution < -0.4 is 5.32 Å². The molecule has 56 heavy (non-hydrogen) atoms. The summed E-state index contributed by atoms with van der Waals surface area (Å²) in [5.41, 5.74) is 20.2. The Bertz CT molecular complexity index is 2680. The molecule has 1 N–H and O–H groups in total. The summed E-state index contributed by atoms with van der Waals surface area (Å²) in [7, 11) is 0. The van der Waals surface area contributed by atoms with Crippen LogP contribution in [0.2, 0.25) is 0 Å². The second-order valence-electron chi connectivity index (χ2n) is 16.7. The molecule has 2 unspecified atom stereocenters. The average Bonchev–Trinajstić information content (AvgIpc) is 3.44. The van der Waals surface area contributed by atoms with Crippen molar-refractivity contribution in [3.63, 3.8) is 0 Å². The Morgan fingerprint density at radius 3 is 1.91 bits per heavy atom. The molecule has 0 aromatic heterocycles. The molecule has 2 heteroatoms. The zero-order chi connectivity index (χ0) is 38.0. The van der Waals surface area contributed by atoms with Gasteiger partial charge in [0.25, 0.3) is 0 Å². The molecule has 2 atom stereocenters. The third-order valence-corrected chi connectivity index (χ3v) is 12.6. The summed E-state index contributed by atoms with van der Waals surface area (Å²) in [6, 6.07) is 54.0. The van der Waals surface area contributed by atoms with Crippen LogP contribution in [0.1, 0.15) is 84.8 Å². The highest BCUT2D eigenvalue weighted by Crippen LogP contribution is 2.58. The molecule has 0 bridgehead atoms. The van der Waals surface area contributed by atoms with E-state index >= 15 is 0 Å². The van der Waals surface area contributed by atoms with E-state index in [2.05, 4.69) is 209 Å². The van der Waals surface area contributed by atoms with Gasteiger partial charge in [-0.05, 0) is 103 Å². The number of hydrogen-bond acceptors (Lipinski definition) is 2. The van der Waals surface area contributed by atoms with Gasteiger partial charge >= 0.3 is 0 Å². The molecule has 0 radical (unpaired) electrons. The van der Waals surface area contributed by atoms with Crippen LogP contribution >= 0.6 is 0 Å². The minimum atomic E-state index is -0.194. The van der Waals surface area contributed by atoms with Crippen LogP contribution in [-0.2, 0) is 10.8 Å². The molecule has 0 saturated heterocycles. The standard InChI is InChI=1S/C54H46N2/c1-53(2)46-25-14-12-23-44(46)51-50(42-22-11-13-24-45(42)54(51,3)4)43-31-30-41(33-47(43)53)40-21-15-20-39(32-40)35-26-28-37(29-27-35)49-34-48(36-16-7-5-8-17-36)55-52(56-49)38-18-9-6-10-19-38/h5-16,18-34,36,52,56H,17H2,1-4H3. The highest BCUT2D eigenvalue weighted by Gasteiger charge is 2.44. The van der Waals surface area contributed by atoms with Gasteiger partial charge in [-0.15, -0.1) is 0 Å². The SMILES string of the molecule is CC1(C)C2=C(c3ccccc31)c1ccc(-c3cccc(-c4ccc(C5=CC(C6C=CC=CC6)=NC(c6ccccc6)N5)cc4)c3)cc1C(C)(C)c1ccccc12. The smallest absolute Gasteiger partial charge is 0.145 e. The van der Waals surface area contributed by atoms with Crippen molar-refractivity contribution in [2.24, 2.45) is 10.9 Å². The molecule has 6 aromatic rings. The quantitative estimate of drug-likeness (QED) is 0.188. The van der Waals surface area contributed by atoms with Gasteiger partial charge in [0.05, 0.1) is 0 Å². The Kier molecular flexibility index (Phi) is 8.08. The van der Waals surface area contributed by atoms with Crippen molar-refractivity contribution in [1.29, 1.82) is 0 Å². The van der Waals surface area contributed by atoms with Gasteiger partial charge in [-0.1, -0.05) is 185 Å². The number of hydrogen-bond donors (Lipinski definition) is 1. The maximum atomic E-state index is 5.18. The van der Waals surface area contributed by atoms with Crippen LogP contribution in [0.25, 0.3) is 39.1 Å². The normalized spacial score (nSPS) is 19.8. The lowest BCUT2D eigenvalue weighted by Gasteiger charge is -2.32. The molecule has 0 spiro atoms. The fourth-order valence-corrected chi connectivity index (χ4v) is 9.67. The molecule has 1 heterocycles. The zero-order valence-corrected chi connectivity index (χ0v) is 32.6. The van der Waals surface area contributed by atoms with E-state index in [0.29, 0.717) is 0 Å². The minimum Gasteiger partial charge on any atom is -0.360 e. The summed E-state index contributed by atoms with van der Waals surface area (Å²) < 4.78 is 0. The maximum Gasteiger partial charge on any atom is 0.145 e. The van der Waals surface area contributed by atoms with E-state index < -0.39 is 0 Å². The lowest BCUT2D eigenvalue weighted by Crippen LogP contribution is -2.27. The van der Waals surface area contributed by atoms with Gasteiger partial charge in [0, 0.05) is 28.2 Å². The van der Waals surface area contributed by atoms with Gasteiger partial charge in [0.1, 0.15) is 6.17 Å². The first kappa shape index (κ1) is 34.3.